The van der Waals surface area contributed by atoms with E-state index in [1.165, 1.54) is 11.1 Å². The first-order chi connectivity index (χ1) is 9.58. The second kappa shape index (κ2) is 9.13. The molecule has 20 heavy (non-hydrogen) atoms. The highest BCUT2D eigenvalue weighted by Crippen LogP contribution is 2.07. The van der Waals surface area contributed by atoms with Crippen LogP contribution in [-0.4, -0.2) is 23.5 Å². The lowest BCUT2D eigenvalue weighted by Crippen LogP contribution is -2.24. The summed E-state index contributed by atoms with van der Waals surface area (Å²) in [4.78, 5) is 21.9. The van der Waals surface area contributed by atoms with Crippen molar-refractivity contribution in [2.24, 2.45) is 0 Å². The third kappa shape index (κ3) is 7.56. The largest absolute Gasteiger partial charge is 0.481 e. The zero-order valence-corrected chi connectivity index (χ0v) is 12.0. The number of rotatable bonds is 9. The van der Waals surface area contributed by atoms with Crippen LogP contribution in [0.4, 0.5) is 0 Å². The topological polar surface area (TPSA) is 66.4 Å². The van der Waals surface area contributed by atoms with Crippen molar-refractivity contribution in [3.8, 4) is 0 Å². The van der Waals surface area contributed by atoms with Crippen molar-refractivity contribution >= 4 is 11.9 Å². The highest BCUT2D eigenvalue weighted by atomic mass is 16.4. The van der Waals surface area contributed by atoms with Gasteiger partial charge in [-0.05, 0) is 38.2 Å². The van der Waals surface area contributed by atoms with Crippen molar-refractivity contribution in [2.45, 2.75) is 45.4 Å². The molecule has 0 fully saturated rings. The van der Waals surface area contributed by atoms with Gasteiger partial charge in [-0.2, -0.15) is 0 Å². The first kappa shape index (κ1) is 16.2. The lowest BCUT2D eigenvalue weighted by Gasteiger charge is -2.05. The minimum atomic E-state index is -0.783. The zero-order chi connectivity index (χ0) is 14.8. The summed E-state index contributed by atoms with van der Waals surface area (Å²) in [5.41, 5.74) is 2.50. The molecule has 1 rings (SSSR count). The molecule has 0 unspecified atom stereocenters. The van der Waals surface area contributed by atoms with E-state index < -0.39 is 5.97 Å². The standard InChI is InChI=1S/C16H23NO3/c1-13-8-10-14(11-9-13)5-4-6-15(18)17-12-3-2-7-16(19)20/h8-11H,2-7,12H2,1H3,(H,17,18)(H,19,20). The van der Waals surface area contributed by atoms with Crippen LogP contribution < -0.4 is 5.32 Å². The molecule has 0 heterocycles. The number of hydrogen-bond acceptors (Lipinski definition) is 2. The highest BCUT2D eigenvalue weighted by Gasteiger charge is 2.02. The summed E-state index contributed by atoms with van der Waals surface area (Å²) in [6, 6.07) is 8.36. The van der Waals surface area contributed by atoms with Gasteiger partial charge in [-0.25, -0.2) is 0 Å². The number of unbranched alkanes of at least 4 members (excludes halogenated alkanes) is 1. The first-order valence-electron chi connectivity index (χ1n) is 7.12. The average molecular weight is 277 g/mol. The fourth-order valence-electron chi connectivity index (χ4n) is 1.93. The van der Waals surface area contributed by atoms with Crippen molar-refractivity contribution in [3.63, 3.8) is 0 Å². The predicted octanol–water partition coefficient (Wildman–Crippen LogP) is 2.69. The molecule has 2 N–H and O–H groups in total. The molecule has 4 heteroatoms. The molecule has 0 aliphatic rings. The molecule has 1 aromatic rings. The summed E-state index contributed by atoms with van der Waals surface area (Å²) in [5.74, 6) is -0.734. The minimum absolute atomic E-state index is 0.0486. The number of benzene rings is 1. The molecule has 0 aromatic heterocycles. The third-order valence-corrected chi connectivity index (χ3v) is 3.13. The molecule has 0 aliphatic carbocycles. The van der Waals surface area contributed by atoms with Gasteiger partial charge < -0.3 is 10.4 Å². The molecular formula is C16H23NO3. The van der Waals surface area contributed by atoms with Crippen molar-refractivity contribution in [1.29, 1.82) is 0 Å². The normalized spacial score (nSPS) is 10.2. The van der Waals surface area contributed by atoms with Gasteiger partial charge >= 0.3 is 5.97 Å². The van der Waals surface area contributed by atoms with Crippen molar-refractivity contribution < 1.29 is 14.7 Å². The minimum Gasteiger partial charge on any atom is -0.481 e. The number of amides is 1. The Bertz CT molecular complexity index is 426. The van der Waals surface area contributed by atoms with Gasteiger partial charge in [0.15, 0.2) is 0 Å². The van der Waals surface area contributed by atoms with E-state index in [2.05, 4.69) is 36.5 Å². The van der Waals surface area contributed by atoms with E-state index in [1.54, 1.807) is 0 Å². The van der Waals surface area contributed by atoms with Gasteiger partial charge in [-0.3, -0.25) is 9.59 Å². The quantitative estimate of drug-likeness (QED) is 0.682. The lowest BCUT2D eigenvalue weighted by molar-refractivity contribution is -0.137. The van der Waals surface area contributed by atoms with E-state index in [9.17, 15) is 9.59 Å². The maximum atomic E-state index is 11.6. The zero-order valence-electron chi connectivity index (χ0n) is 12.0. The Kier molecular flexibility index (Phi) is 7.40. The van der Waals surface area contributed by atoms with Crippen LogP contribution in [0.25, 0.3) is 0 Å². The molecule has 0 atom stereocenters. The van der Waals surface area contributed by atoms with Gasteiger partial charge in [0, 0.05) is 19.4 Å². The number of nitrogens with one attached hydrogen (secondary N) is 1. The fourth-order valence-corrected chi connectivity index (χ4v) is 1.93. The number of aliphatic carboxylic acids is 1. The molecule has 4 nitrogen and oxygen atoms in total. The molecule has 110 valence electrons. The maximum absolute atomic E-state index is 11.6. The molecular weight excluding hydrogens is 254 g/mol. The van der Waals surface area contributed by atoms with Crippen molar-refractivity contribution in [3.05, 3.63) is 35.4 Å². The summed E-state index contributed by atoms with van der Waals surface area (Å²) in [7, 11) is 0. The lowest BCUT2D eigenvalue weighted by atomic mass is 10.1. The number of carboxylic acid groups (broad SMARTS) is 1. The Hall–Kier alpha value is -1.84. The van der Waals surface area contributed by atoms with Crippen molar-refractivity contribution in [1.82, 2.24) is 5.32 Å². The average Bonchev–Trinajstić information content (AvgIpc) is 2.40. The Morgan fingerprint density at radius 3 is 2.40 bits per heavy atom. The van der Waals surface area contributed by atoms with E-state index in [4.69, 9.17) is 5.11 Å². The van der Waals surface area contributed by atoms with Crippen LogP contribution in [0.5, 0.6) is 0 Å². The molecule has 0 aliphatic heterocycles. The number of carboxylic acids is 1. The van der Waals surface area contributed by atoms with Crippen LogP contribution in [0.15, 0.2) is 24.3 Å². The Labute approximate surface area is 120 Å². The van der Waals surface area contributed by atoms with Crippen LogP contribution in [0.1, 0.15) is 43.2 Å². The number of carbonyl (C=O) groups is 2. The molecule has 0 bridgehead atoms. The van der Waals surface area contributed by atoms with Gasteiger partial charge in [-0.15, -0.1) is 0 Å². The first-order valence-corrected chi connectivity index (χ1v) is 7.12. The van der Waals surface area contributed by atoms with Gasteiger partial charge in [0.25, 0.3) is 0 Å². The van der Waals surface area contributed by atoms with E-state index >= 15 is 0 Å². The monoisotopic (exact) mass is 277 g/mol. The second-order valence-corrected chi connectivity index (χ2v) is 5.04. The van der Waals surface area contributed by atoms with Crippen LogP contribution in [0, 0.1) is 6.92 Å². The highest BCUT2D eigenvalue weighted by molar-refractivity contribution is 5.75. The number of aryl methyl sites for hydroxylation is 2. The number of carbonyl (C=O) groups excluding carboxylic acids is 1. The van der Waals surface area contributed by atoms with Gasteiger partial charge in [-0.1, -0.05) is 29.8 Å². The van der Waals surface area contributed by atoms with E-state index in [1.807, 2.05) is 0 Å². The number of hydrogen-bond donors (Lipinski definition) is 2. The molecule has 1 aromatic carbocycles. The summed E-state index contributed by atoms with van der Waals surface area (Å²) < 4.78 is 0. The van der Waals surface area contributed by atoms with Gasteiger partial charge in [0.1, 0.15) is 0 Å². The van der Waals surface area contributed by atoms with Crippen LogP contribution >= 0.6 is 0 Å². The smallest absolute Gasteiger partial charge is 0.303 e. The van der Waals surface area contributed by atoms with Crippen LogP contribution in [0.3, 0.4) is 0 Å². The van der Waals surface area contributed by atoms with Crippen LogP contribution in [0.2, 0.25) is 0 Å². The van der Waals surface area contributed by atoms with E-state index in [0.29, 0.717) is 19.4 Å². The van der Waals surface area contributed by atoms with Gasteiger partial charge in [0.2, 0.25) is 5.91 Å². The molecule has 1 amide bonds. The molecule has 0 radical (unpaired) electrons. The predicted molar refractivity (Wildman–Crippen MR) is 78.6 cm³/mol. The summed E-state index contributed by atoms with van der Waals surface area (Å²) in [6.45, 7) is 2.62. The molecule has 0 spiro atoms. The third-order valence-electron chi connectivity index (χ3n) is 3.13. The Balaban J connectivity index is 2.05. The maximum Gasteiger partial charge on any atom is 0.303 e. The van der Waals surface area contributed by atoms with E-state index in [0.717, 1.165) is 19.3 Å². The summed E-state index contributed by atoms with van der Waals surface area (Å²) >= 11 is 0. The SMILES string of the molecule is Cc1ccc(CCCC(=O)NCCCCC(=O)O)cc1. The summed E-state index contributed by atoms with van der Waals surface area (Å²) in [6.07, 6.45) is 3.77. The summed E-state index contributed by atoms with van der Waals surface area (Å²) in [5, 5.41) is 11.3. The Morgan fingerprint density at radius 2 is 1.75 bits per heavy atom. The van der Waals surface area contributed by atoms with Crippen LogP contribution in [-0.2, 0) is 16.0 Å². The molecule has 0 saturated heterocycles. The molecule has 0 saturated carbocycles. The van der Waals surface area contributed by atoms with Gasteiger partial charge in [0.05, 0.1) is 0 Å². The fraction of sp³-hybridized carbons (Fsp3) is 0.500. The van der Waals surface area contributed by atoms with Crippen molar-refractivity contribution in [2.75, 3.05) is 6.54 Å². The van der Waals surface area contributed by atoms with E-state index in [-0.39, 0.29) is 12.3 Å². The second-order valence-electron chi connectivity index (χ2n) is 5.04. The Morgan fingerprint density at radius 1 is 1.05 bits per heavy atom.